The van der Waals surface area contributed by atoms with E-state index >= 15 is 4.39 Å². The molecule has 0 unspecified atom stereocenters. The summed E-state index contributed by atoms with van der Waals surface area (Å²) < 4.78 is 40.2. The lowest BCUT2D eigenvalue weighted by molar-refractivity contribution is -0.150. The summed E-state index contributed by atoms with van der Waals surface area (Å²) in [6.07, 6.45) is 0.789. The number of carbonyl (C=O) groups is 2. The summed E-state index contributed by atoms with van der Waals surface area (Å²) in [6, 6.07) is 17.0. The highest BCUT2D eigenvalue weighted by atomic mass is 19.1. The second kappa shape index (κ2) is 13.7. The van der Waals surface area contributed by atoms with E-state index in [1.165, 1.54) is 44.2 Å². The molecule has 47 heavy (non-hydrogen) atoms. The molecule has 3 N–H and O–H groups in total. The lowest BCUT2D eigenvalue weighted by Crippen LogP contribution is -2.36. The van der Waals surface area contributed by atoms with E-state index in [1.807, 2.05) is 6.07 Å². The maximum atomic E-state index is 15.3. The minimum absolute atomic E-state index is 0.0523. The Hall–Kier alpha value is -5.69. The van der Waals surface area contributed by atoms with Gasteiger partial charge in [0.25, 0.3) is 11.5 Å². The van der Waals surface area contributed by atoms with Crippen LogP contribution in [0.25, 0.3) is 16.6 Å². The van der Waals surface area contributed by atoms with Gasteiger partial charge in [-0.3, -0.25) is 24.0 Å². The lowest BCUT2D eigenvalue weighted by atomic mass is 10.1. The standard InChI is InChI=1S/C34H34FN5O7/c1-19(46-34(43)20(2)36)18-39-33(42)31(21(3)40(39)23-9-7-6-8-10-23)32(41)38-22-11-12-28(25(35)15-22)47-27-13-14-37-26-17-30(45-5)29(44-4)16-24(26)27/h6-17,19-20H,18,36H2,1-5H3,(H,38,41)/t19-,20+/m1/s1. The van der Waals surface area contributed by atoms with Crippen LogP contribution in [0.3, 0.4) is 0 Å². The summed E-state index contributed by atoms with van der Waals surface area (Å²) in [7, 11) is 3.01. The number of halogens is 1. The summed E-state index contributed by atoms with van der Waals surface area (Å²) >= 11 is 0. The normalized spacial score (nSPS) is 12.3. The molecular weight excluding hydrogens is 609 g/mol. The van der Waals surface area contributed by atoms with Crippen LogP contribution in [0.4, 0.5) is 10.1 Å². The number of hydrogen-bond acceptors (Lipinski definition) is 9. The zero-order chi connectivity index (χ0) is 33.8. The van der Waals surface area contributed by atoms with Gasteiger partial charge in [-0.05, 0) is 57.2 Å². The van der Waals surface area contributed by atoms with E-state index in [4.69, 9.17) is 24.7 Å². The van der Waals surface area contributed by atoms with E-state index in [1.54, 1.807) is 61.0 Å². The molecule has 244 valence electrons. The molecule has 0 spiro atoms. The van der Waals surface area contributed by atoms with Gasteiger partial charge in [0.1, 0.15) is 23.5 Å². The number of amides is 1. The van der Waals surface area contributed by atoms with Gasteiger partial charge in [-0.15, -0.1) is 0 Å². The first kappa shape index (κ1) is 32.7. The number of aromatic nitrogens is 3. The van der Waals surface area contributed by atoms with Crippen LogP contribution in [0, 0.1) is 12.7 Å². The van der Waals surface area contributed by atoms with Gasteiger partial charge in [-0.2, -0.15) is 0 Å². The number of carbonyl (C=O) groups excluding carboxylic acids is 2. The highest BCUT2D eigenvalue weighted by Crippen LogP contribution is 2.37. The maximum Gasteiger partial charge on any atom is 0.322 e. The second-order valence-corrected chi connectivity index (χ2v) is 10.8. The van der Waals surface area contributed by atoms with Crippen LogP contribution in [0.5, 0.6) is 23.0 Å². The van der Waals surface area contributed by atoms with Crippen molar-refractivity contribution in [1.29, 1.82) is 0 Å². The number of nitrogens with one attached hydrogen (secondary N) is 1. The van der Waals surface area contributed by atoms with E-state index in [-0.39, 0.29) is 23.5 Å². The molecule has 0 aliphatic carbocycles. The molecule has 0 saturated carbocycles. The fraction of sp³-hybridized carbons (Fsp3) is 0.235. The first-order valence-electron chi connectivity index (χ1n) is 14.7. The number of pyridine rings is 1. The molecule has 0 aliphatic heterocycles. The fourth-order valence-corrected chi connectivity index (χ4v) is 5.09. The topological polar surface area (TPSA) is 149 Å². The molecule has 0 aliphatic rings. The quantitative estimate of drug-likeness (QED) is 0.190. The first-order chi connectivity index (χ1) is 22.5. The maximum absolute atomic E-state index is 15.3. The number of ether oxygens (including phenoxy) is 4. The average Bonchev–Trinajstić information content (AvgIpc) is 3.29. The van der Waals surface area contributed by atoms with E-state index < -0.39 is 35.4 Å². The number of esters is 1. The van der Waals surface area contributed by atoms with Gasteiger partial charge in [0.15, 0.2) is 23.1 Å². The molecule has 0 saturated heterocycles. The summed E-state index contributed by atoms with van der Waals surface area (Å²) in [5.74, 6) is -0.965. The fourth-order valence-electron chi connectivity index (χ4n) is 5.09. The van der Waals surface area contributed by atoms with Gasteiger partial charge in [-0.25, -0.2) is 9.07 Å². The third kappa shape index (κ3) is 6.79. The highest BCUT2D eigenvalue weighted by Gasteiger charge is 2.26. The van der Waals surface area contributed by atoms with Crippen LogP contribution in [-0.4, -0.2) is 52.6 Å². The Morgan fingerprint density at radius 2 is 1.66 bits per heavy atom. The van der Waals surface area contributed by atoms with Crippen molar-refractivity contribution in [2.75, 3.05) is 19.5 Å². The number of fused-ring (bicyclic) bond motifs is 1. The smallest absolute Gasteiger partial charge is 0.322 e. The first-order valence-corrected chi connectivity index (χ1v) is 14.7. The van der Waals surface area contributed by atoms with E-state index in [0.29, 0.717) is 39.5 Å². The Morgan fingerprint density at radius 1 is 0.957 bits per heavy atom. The number of hydrogen-bond donors (Lipinski definition) is 2. The molecular formula is C34H34FN5O7. The minimum atomic E-state index is -0.841. The second-order valence-electron chi connectivity index (χ2n) is 10.8. The lowest BCUT2D eigenvalue weighted by Gasteiger charge is -2.18. The SMILES string of the molecule is COc1cc2nccc(Oc3ccc(NC(=O)c4c(C)n(-c5ccccc5)n(C[C@@H](C)OC(=O)[C@H](C)N)c4=O)cc3F)c2cc1OC. The van der Waals surface area contributed by atoms with Crippen LogP contribution < -0.4 is 30.8 Å². The van der Waals surface area contributed by atoms with Gasteiger partial charge < -0.3 is 30.0 Å². The Labute approximate surface area is 269 Å². The van der Waals surface area contributed by atoms with Crippen molar-refractivity contribution in [2.45, 2.75) is 39.5 Å². The molecule has 0 fully saturated rings. The van der Waals surface area contributed by atoms with Crippen molar-refractivity contribution in [2.24, 2.45) is 5.73 Å². The number of benzene rings is 3. The van der Waals surface area contributed by atoms with Gasteiger partial charge in [0, 0.05) is 29.4 Å². The number of anilines is 1. The molecule has 1 amide bonds. The molecule has 3 aromatic carbocycles. The average molecular weight is 644 g/mol. The molecule has 0 bridgehead atoms. The van der Waals surface area contributed by atoms with Crippen molar-refractivity contribution >= 4 is 28.5 Å². The zero-order valence-electron chi connectivity index (χ0n) is 26.4. The van der Waals surface area contributed by atoms with E-state index in [0.717, 1.165) is 6.07 Å². The predicted molar refractivity (Wildman–Crippen MR) is 173 cm³/mol. The van der Waals surface area contributed by atoms with Crippen LogP contribution in [0.1, 0.15) is 29.9 Å². The zero-order valence-corrected chi connectivity index (χ0v) is 26.4. The van der Waals surface area contributed by atoms with Crippen molar-refractivity contribution in [3.8, 4) is 28.7 Å². The number of nitrogens with two attached hydrogens (primary N) is 1. The summed E-state index contributed by atoms with van der Waals surface area (Å²) in [4.78, 5) is 43.6. The molecule has 13 heteroatoms. The molecule has 5 aromatic rings. The van der Waals surface area contributed by atoms with Gasteiger partial charge in [0.2, 0.25) is 0 Å². The Bertz CT molecular complexity index is 2010. The van der Waals surface area contributed by atoms with Gasteiger partial charge >= 0.3 is 5.97 Å². The number of methoxy groups -OCH3 is 2. The number of nitrogens with zero attached hydrogens (tertiary/aromatic N) is 3. The van der Waals surface area contributed by atoms with Crippen LogP contribution in [0.15, 0.2) is 77.7 Å². The highest BCUT2D eigenvalue weighted by molar-refractivity contribution is 6.05. The Balaban J connectivity index is 1.42. The molecule has 2 aromatic heterocycles. The van der Waals surface area contributed by atoms with Crippen molar-refractivity contribution in [1.82, 2.24) is 14.3 Å². The number of rotatable bonds is 11. The predicted octanol–water partition coefficient (Wildman–Crippen LogP) is 4.98. The van der Waals surface area contributed by atoms with Crippen LogP contribution in [-0.2, 0) is 16.1 Å². The molecule has 2 heterocycles. The molecule has 5 rings (SSSR count). The Kier molecular flexibility index (Phi) is 9.56. The largest absolute Gasteiger partial charge is 0.493 e. The van der Waals surface area contributed by atoms with Gasteiger partial charge in [0.05, 0.1) is 37.7 Å². The monoisotopic (exact) mass is 643 g/mol. The van der Waals surface area contributed by atoms with E-state index in [9.17, 15) is 14.4 Å². The van der Waals surface area contributed by atoms with Crippen molar-refractivity contribution in [3.63, 3.8) is 0 Å². The third-order valence-electron chi connectivity index (χ3n) is 7.33. The summed E-state index contributed by atoms with van der Waals surface area (Å²) in [6.45, 7) is 4.69. The Morgan fingerprint density at radius 3 is 2.32 bits per heavy atom. The summed E-state index contributed by atoms with van der Waals surface area (Å²) in [5, 5.41) is 3.19. The molecule has 2 atom stereocenters. The molecule has 12 nitrogen and oxygen atoms in total. The van der Waals surface area contributed by atoms with E-state index in [2.05, 4.69) is 10.3 Å². The van der Waals surface area contributed by atoms with Gasteiger partial charge in [-0.1, -0.05) is 18.2 Å². The van der Waals surface area contributed by atoms with Crippen molar-refractivity contribution in [3.05, 3.63) is 100 Å². The van der Waals surface area contributed by atoms with Crippen molar-refractivity contribution < 1.29 is 32.9 Å². The van der Waals surface area contributed by atoms with Crippen LogP contribution >= 0.6 is 0 Å². The summed E-state index contributed by atoms with van der Waals surface area (Å²) in [5.41, 5.74) is 6.44. The minimum Gasteiger partial charge on any atom is -0.493 e. The molecule has 0 radical (unpaired) electrons. The number of para-hydroxylation sites is 1. The third-order valence-corrected chi connectivity index (χ3v) is 7.33. The van der Waals surface area contributed by atoms with Crippen LogP contribution in [0.2, 0.25) is 0 Å².